The van der Waals surface area contributed by atoms with Crippen molar-refractivity contribution in [1.29, 1.82) is 0 Å². The van der Waals surface area contributed by atoms with E-state index in [4.69, 9.17) is 21.7 Å². The van der Waals surface area contributed by atoms with E-state index in [1.165, 1.54) is 11.1 Å². The number of fused-ring (bicyclic) bond motifs is 2. The van der Waals surface area contributed by atoms with Crippen LogP contribution < -0.4 is 11.7 Å². The van der Waals surface area contributed by atoms with E-state index in [-0.39, 0.29) is 0 Å². The number of imidazole rings is 2. The fraction of sp³-hybridized carbons (Fsp3) is 0. The molecule has 4 N–H and O–H groups in total. The van der Waals surface area contributed by atoms with Gasteiger partial charge in [0.15, 0.2) is 11.6 Å². The second kappa shape index (κ2) is 8.64. The summed E-state index contributed by atoms with van der Waals surface area (Å²) in [6.07, 6.45) is 0. The van der Waals surface area contributed by atoms with E-state index in [1.807, 2.05) is 72.8 Å². The maximum atomic E-state index is 6.53. The Morgan fingerprint density at radius 3 is 1.08 bits per heavy atom. The van der Waals surface area contributed by atoms with Gasteiger partial charge in [-0.05, 0) is 34.4 Å². The molecule has 0 fully saturated rings. The maximum Gasteiger partial charge on any atom is 0.159 e. The summed E-state index contributed by atoms with van der Waals surface area (Å²) in [6.45, 7) is 0. The predicted molar refractivity (Wildman–Crippen MR) is 155 cm³/mol. The van der Waals surface area contributed by atoms with Crippen molar-refractivity contribution in [3.63, 3.8) is 0 Å². The summed E-state index contributed by atoms with van der Waals surface area (Å²) in [7, 11) is 0. The lowest BCUT2D eigenvalue weighted by Gasteiger charge is -2.05. The molecule has 6 heteroatoms. The lowest BCUT2D eigenvalue weighted by molar-refractivity contribution is 1.05. The van der Waals surface area contributed by atoms with Crippen molar-refractivity contribution in [3.8, 4) is 45.0 Å². The molecule has 7 aromatic rings. The molecule has 2 heterocycles. The second-order valence-corrected chi connectivity index (χ2v) is 9.33. The molecule has 0 saturated heterocycles. The first kappa shape index (κ1) is 21.9. The minimum absolute atomic E-state index is 0.688. The van der Waals surface area contributed by atoms with Gasteiger partial charge in [-0.1, -0.05) is 109 Å². The summed E-state index contributed by atoms with van der Waals surface area (Å²) in [4.78, 5) is 9.69. The Hall–Kier alpha value is -5.36. The minimum atomic E-state index is 0.688. The third kappa shape index (κ3) is 3.59. The van der Waals surface area contributed by atoms with Gasteiger partial charge in [0.1, 0.15) is 0 Å². The summed E-state index contributed by atoms with van der Waals surface area (Å²) in [6, 6.07) is 41.0. The average molecular weight is 493 g/mol. The number of nitrogens with two attached hydrogens (primary N) is 2. The van der Waals surface area contributed by atoms with Crippen LogP contribution in [0.2, 0.25) is 0 Å². The zero-order chi connectivity index (χ0) is 25.6. The molecule has 0 amide bonds. The van der Waals surface area contributed by atoms with E-state index in [9.17, 15) is 0 Å². The van der Waals surface area contributed by atoms with Gasteiger partial charge in [-0.15, -0.1) is 0 Å². The Labute approximate surface area is 219 Å². The van der Waals surface area contributed by atoms with Crippen LogP contribution in [0.15, 0.2) is 121 Å². The summed E-state index contributed by atoms with van der Waals surface area (Å²) in [5.41, 5.74) is 9.63. The average Bonchev–Trinajstić information content (AvgIpc) is 3.48. The van der Waals surface area contributed by atoms with Gasteiger partial charge in [-0.25, -0.2) is 19.3 Å². The van der Waals surface area contributed by atoms with Crippen molar-refractivity contribution in [2.45, 2.75) is 0 Å². The van der Waals surface area contributed by atoms with Crippen LogP contribution in [0.3, 0.4) is 0 Å². The first-order valence-electron chi connectivity index (χ1n) is 12.4. The Bertz CT molecular complexity index is 1760. The molecule has 0 saturated carbocycles. The Morgan fingerprint density at radius 1 is 0.395 bits per heavy atom. The monoisotopic (exact) mass is 492 g/mol. The van der Waals surface area contributed by atoms with Gasteiger partial charge in [0.2, 0.25) is 0 Å². The van der Waals surface area contributed by atoms with Crippen LogP contribution in [-0.2, 0) is 0 Å². The lowest BCUT2D eigenvalue weighted by atomic mass is 10.0. The zero-order valence-corrected chi connectivity index (χ0v) is 20.5. The third-order valence-electron chi connectivity index (χ3n) is 7.00. The van der Waals surface area contributed by atoms with Crippen molar-refractivity contribution in [2.75, 3.05) is 11.7 Å². The number of hydrogen-bond donors (Lipinski definition) is 2. The predicted octanol–water partition coefficient (Wildman–Crippen LogP) is 6.48. The van der Waals surface area contributed by atoms with Gasteiger partial charge in [0.05, 0.1) is 22.1 Å². The summed E-state index contributed by atoms with van der Waals surface area (Å²) < 4.78 is 3.24. The normalized spacial score (nSPS) is 11.4. The fourth-order valence-corrected chi connectivity index (χ4v) is 4.98. The molecule has 0 radical (unpaired) electrons. The van der Waals surface area contributed by atoms with Crippen LogP contribution in [0.4, 0.5) is 0 Å². The van der Waals surface area contributed by atoms with Crippen molar-refractivity contribution < 1.29 is 0 Å². The highest BCUT2D eigenvalue weighted by molar-refractivity contribution is 5.95. The third-order valence-corrected chi connectivity index (χ3v) is 7.00. The van der Waals surface area contributed by atoms with Gasteiger partial charge in [0.25, 0.3) is 0 Å². The Balaban J connectivity index is 1.25. The lowest BCUT2D eigenvalue weighted by Crippen LogP contribution is -2.10. The van der Waals surface area contributed by atoms with Gasteiger partial charge in [0, 0.05) is 11.1 Å². The molecule has 182 valence electrons. The second-order valence-electron chi connectivity index (χ2n) is 9.33. The number of hydrogen-bond acceptors (Lipinski definition) is 4. The van der Waals surface area contributed by atoms with Crippen molar-refractivity contribution >= 4 is 22.1 Å². The highest BCUT2D eigenvalue weighted by atomic mass is 15.3. The maximum absolute atomic E-state index is 6.53. The minimum Gasteiger partial charge on any atom is -0.337 e. The molecule has 0 unspecified atom stereocenters. The molecule has 0 spiro atoms. The van der Waals surface area contributed by atoms with Gasteiger partial charge in [-0.2, -0.15) is 0 Å². The molecule has 7 rings (SSSR count). The molecular formula is C32H24N6. The molecule has 6 nitrogen and oxygen atoms in total. The largest absolute Gasteiger partial charge is 0.337 e. The molecule has 0 aliphatic heterocycles. The smallest absolute Gasteiger partial charge is 0.159 e. The highest BCUT2D eigenvalue weighted by Gasteiger charge is 2.17. The molecule has 38 heavy (non-hydrogen) atoms. The summed E-state index contributed by atoms with van der Waals surface area (Å²) >= 11 is 0. The van der Waals surface area contributed by atoms with Crippen LogP contribution >= 0.6 is 0 Å². The number of nitrogens with zero attached hydrogens (tertiary/aromatic N) is 4. The molecule has 0 aliphatic carbocycles. The first-order chi connectivity index (χ1) is 18.7. The van der Waals surface area contributed by atoms with Crippen LogP contribution in [0.1, 0.15) is 0 Å². The van der Waals surface area contributed by atoms with E-state index in [2.05, 4.69) is 48.5 Å². The number of nitrogen functional groups attached to an aromatic ring is 2. The fourth-order valence-electron chi connectivity index (χ4n) is 4.98. The molecule has 5 aromatic carbocycles. The van der Waals surface area contributed by atoms with Crippen molar-refractivity contribution in [3.05, 3.63) is 121 Å². The molecule has 0 atom stereocenters. The van der Waals surface area contributed by atoms with Crippen molar-refractivity contribution in [2.24, 2.45) is 0 Å². The SMILES string of the molecule is Nn1c(-c2ccc(-c3ccccc3)cc2)nc2cc3c(cc21)nc(-c1ccc(-c2ccccc2)cc1)n3N. The first-order valence-corrected chi connectivity index (χ1v) is 12.4. The highest BCUT2D eigenvalue weighted by Crippen LogP contribution is 2.31. The van der Waals surface area contributed by atoms with E-state index >= 15 is 0 Å². The Morgan fingerprint density at radius 2 is 0.711 bits per heavy atom. The zero-order valence-electron chi connectivity index (χ0n) is 20.5. The molecule has 0 bridgehead atoms. The van der Waals surface area contributed by atoms with Crippen LogP contribution in [-0.4, -0.2) is 19.3 Å². The summed E-state index contributed by atoms with van der Waals surface area (Å²) in [5, 5.41) is 0. The van der Waals surface area contributed by atoms with Crippen LogP contribution in [0.5, 0.6) is 0 Å². The topological polar surface area (TPSA) is 87.7 Å². The number of aromatic nitrogens is 4. The number of benzene rings is 5. The van der Waals surface area contributed by atoms with Crippen LogP contribution in [0, 0.1) is 0 Å². The van der Waals surface area contributed by atoms with E-state index in [0.717, 1.165) is 44.3 Å². The molecule has 0 aliphatic rings. The van der Waals surface area contributed by atoms with E-state index in [0.29, 0.717) is 11.6 Å². The Kier molecular flexibility index (Phi) is 4.97. The van der Waals surface area contributed by atoms with Gasteiger partial charge >= 0.3 is 0 Å². The van der Waals surface area contributed by atoms with Crippen LogP contribution in [0.25, 0.3) is 67.1 Å². The number of rotatable bonds is 4. The molecular weight excluding hydrogens is 468 g/mol. The standard InChI is InChI=1S/C32H24N6/c33-37-29-20-28-30(38(34)32(36-28)26-17-13-24(14-18-26)22-9-5-2-6-10-22)19-27(29)35-31(37)25-15-11-23(12-16-25)21-7-3-1-4-8-21/h1-20H,33-34H2. The summed E-state index contributed by atoms with van der Waals surface area (Å²) in [5.74, 6) is 14.4. The quantitative estimate of drug-likeness (QED) is 0.275. The molecule has 2 aromatic heterocycles. The van der Waals surface area contributed by atoms with Crippen molar-refractivity contribution in [1.82, 2.24) is 19.3 Å². The van der Waals surface area contributed by atoms with Gasteiger partial charge < -0.3 is 11.7 Å². The van der Waals surface area contributed by atoms with E-state index in [1.54, 1.807) is 9.35 Å². The van der Waals surface area contributed by atoms with Gasteiger partial charge in [-0.3, -0.25) is 0 Å². The van der Waals surface area contributed by atoms with E-state index < -0.39 is 0 Å².